The molecule has 1 aromatic heterocycles. The Morgan fingerprint density at radius 2 is 2.00 bits per heavy atom. The van der Waals surface area contributed by atoms with Gasteiger partial charge in [-0.1, -0.05) is 44.2 Å². The van der Waals surface area contributed by atoms with E-state index in [1.54, 1.807) is 24.4 Å². The highest BCUT2D eigenvalue weighted by molar-refractivity contribution is 6.02. The van der Waals surface area contributed by atoms with Crippen molar-refractivity contribution in [1.82, 2.24) is 4.98 Å². The van der Waals surface area contributed by atoms with E-state index in [2.05, 4.69) is 18.8 Å². The Kier molecular flexibility index (Phi) is 4.95. The Morgan fingerprint density at radius 3 is 2.84 bits per heavy atom. The summed E-state index contributed by atoms with van der Waals surface area (Å²) in [7, 11) is 0. The number of rotatable bonds is 4. The van der Waals surface area contributed by atoms with Crippen LogP contribution < -0.4 is 0 Å². The standard InChI is InChI=1S/C22H23NO2/c1-22(2)12-11-20(25)14-18(22)8-10-19(24)9-7-16-13-17-5-3-4-6-21(17)23-15-16/h3-10,13-15,20,25H,11-12H2,1-2H3/b9-7+,10-8+. The topological polar surface area (TPSA) is 50.2 Å². The van der Waals surface area contributed by atoms with Gasteiger partial charge in [-0.15, -0.1) is 0 Å². The molecule has 1 heterocycles. The van der Waals surface area contributed by atoms with Crippen molar-refractivity contribution < 1.29 is 9.90 Å². The van der Waals surface area contributed by atoms with Gasteiger partial charge in [0, 0.05) is 11.6 Å². The molecule has 1 aromatic carbocycles. The number of benzene rings is 1. The summed E-state index contributed by atoms with van der Waals surface area (Å²) in [6, 6.07) is 9.91. The number of hydrogen-bond donors (Lipinski definition) is 1. The van der Waals surface area contributed by atoms with Gasteiger partial charge in [0.25, 0.3) is 0 Å². The Hall–Kier alpha value is -2.52. The molecule has 3 nitrogen and oxygen atoms in total. The van der Waals surface area contributed by atoms with Crippen LogP contribution in [0.15, 0.2) is 66.4 Å². The molecule has 128 valence electrons. The van der Waals surface area contributed by atoms with E-state index in [-0.39, 0.29) is 11.2 Å². The number of nitrogens with zero attached hydrogens (tertiary/aromatic N) is 1. The summed E-state index contributed by atoms with van der Waals surface area (Å²) in [5.41, 5.74) is 2.84. The van der Waals surface area contributed by atoms with E-state index in [0.717, 1.165) is 34.9 Å². The monoisotopic (exact) mass is 333 g/mol. The average molecular weight is 333 g/mol. The van der Waals surface area contributed by atoms with E-state index in [9.17, 15) is 9.90 Å². The molecule has 0 amide bonds. The quantitative estimate of drug-likeness (QED) is 0.839. The molecule has 2 aromatic rings. The fourth-order valence-electron chi connectivity index (χ4n) is 3.04. The van der Waals surface area contributed by atoms with Crippen molar-refractivity contribution in [1.29, 1.82) is 0 Å². The summed E-state index contributed by atoms with van der Waals surface area (Å²) in [5.74, 6) is -0.0788. The van der Waals surface area contributed by atoms with Crippen LogP contribution in [0.25, 0.3) is 17.0 Å². The SMILES string of the molecule is CC1(C)CCC(O)C=C1/C=C/C(=O)/C=C/c1cnc2ccccc2c1. The third kappa shape index (κ3) is 4.31. The molecule has 0 saturated carbocycles. The van der Waals surface area contributed by atoms with Crippen LogP contribution in [-0.2, 0) is 4.79 Å². The molecule has 0 radical (unpaired) electrons. The van der Waals surface area contributed by atoms with Crippen molar-refractivity contribution in [3.63, 3.8) is 0 Å². The first-order valence-electron chi connectivity index (χ1n) is 8.59. The predicted molar refractivity (Wildman–Crippen MR) is 102 cm³/mol. The van der Waals surface area contributed by atoms with Crippen LogP contribution >= 0.6 is 0 Å². The lowest BCUT2D eigenvalue weighted by molar-refractivity contribution is -0.110. The molecule has 1 aliphatic carbocycles. The highest BCUT2D eigenvalue weighted by Crippen LogP contribution is 2.37. The lowest BCUT2D eigenvalue weighted by Crippen LogP contribution is -2.23. The summed E-state index contributed by atoms with van der Waals surface area (Å²) < 4.78 is 0. The summed E-state index contributed by atoms with van der Waals surface area (Å²) in [5, 5.41) is 10.9. The Morgan fingerprint density at radius 1 is 1.24 bits per heavy atom. The molecule has 1 unspecified atom stereocenters. The molecule has 1 N–H and O–H groups in total. The minimum absolute atomic E-state index is 0.0119. The fraction of sp³-hybridized carbons (Fsp3) is 0.273. The van der Waals surface area contributed by atoms with Crippen LogP contribution in [-0.4, -0.2) is 22.0 Å². The van der Waals surface area contributed by atoms with Crippen LogP contribution in [0.5, 0.6) is 0 Å². The van der Waals surface area contributed by atoms with Gasteiger partial charge >= 0.3 is 0 Å². The van der Waals surface area contributed by atoms with Gasteiger partial charge in [0.15, 0.2) is 5.78 Å². The maximum atomic E-state index is 12.1. The second-order valence-corrected chi connectivity index (χ2v) is 7.14. The molecule has 1 aliphatic rings. The second kappa shape index (κ2) is 7.16. The number of fused-ring (bicyclic) bond motifs is 1. The van der Waals surface area contributed by atoms with Crippen molar-refractivity contribution in [2.24, 2.45) is 5.41 Å². The van der Waals surface area contributed by atoms with Gasteiger partial charge < -0.3 is 5.11 Å². The minimum atomic E-state index is -0.415. The highest BCUT2D eigenvalue weighted by Gasteiger charge is 2.27. The number of aromatic nitrogens is 1. The van der Waals surface area contributed by atoms with E-state index in [1.165, 1.54) is 0 Å². The first-order chi connectivity index (χ1) is 11.9. The fourth-order valence-corrected chi connectivity index (χ4v) is 3.04. The Labute approximate surface area is 148 Å². The lowest BCUT2D eigenvalue weighted by atomic mass is 9.75. The van der Waals surface area contributed by atoms with Gasteiger partial charge in [-0.3, -0.25) is 9.78 Å². The van der Waals surface area contributed by atoms with Crippen LogP contribution in [0.4, 0.5) is 0 Å². The van der Waals surface area contributed by atoms with E-state index < -0.39 is 6.10 Å². The molecular formula is C22H23NO2. The lowest BCUT2D eigenvalue weighted by Gasteiger charge is -2.32. The number of allylic oxidation sites excluding steroid dienone is 4. The molecule has 0 aliphatic heterocycles. The highest BCUT2D eigenvalue weighted by atomic mass is 16.3. The minimum Gasteiger partial charge on any atom is -0.389 e. The number of aliphatic hydroxyl groups excluding tert-OH is 1. The zero-order valence-corrected chi connectivity index (χ0v) is 14.6. The van der Waals surface area contributed by atoms with Crippen molar-refractivity contribution in [3.05, 3.63) is 72.0 Å². The van der Waals surface area contributed by atoms with E-state index in [1.807, 2.05) is 42.5 Å². The summed E-state index contributed by atoms with van der Waals surface area (Å²) in [6.45, 7) is 4.27. The molecule has 0 saturated heterocycles. The maximum absolute atomic E-state index is 12.1. The number of aliphatic hydroxyl groups is 1. The van der Waals surface area contributed by atoms with E-state index in [0.29, 0.717) is 0 Å². The number of carbonyl (C=O) groups excluding carboxylic acids is 1. The molecule has 1 atom stereocenters. The molecular weight excluding hydrogens is 310 g/mol. The van der Waals surface area contributed by atoms with Gasteiger partial charge in [-0.25, -0.2) is 0 Å². The number of carbonyl (C=O) groups is 1. The van der Waals surface area contributed by atoms with Crippen molar-refractivity contribution in [2.45, 2.75) is 32.8 Å². The van der Waals surface area contributed by atoms with Gasteiger partial charge in [-0.2, -0.15) is 0 Å². The average Bonchev–Trinajstić information content (AvgIpc) is 2.60. The largest absolute Gasteiger partial charge is 0.389 e. The maximum Gasteiger partial charge on any atom is 0.178 e. The third-order valence-corrected chi connectivity index (χ3v) is 4.70. The van der Waals surface area contributed by atoms with Gasteiger partial charge in [0.1, 0.15) is 0 Å². The first-order valence-corrected chi connectivity index (χ1v) is 8.59. The van der Waals surface area contributed by atoms with Crippen molar-refractivity contribution in [3.8, 4) is 0 Å². The Balaban J connectivity index is 1.71. The summed E-state index contributed by atoms with van der Waals surface area (Å²) in [4.78, 5) is 16.5. The predicted octanol–water partition coefficient (Wildman–Crippen LogP) is 4.48. The number of pyridine rings is 1. The number of para-hydroxylation sites is 1. The zero-order valence-electron chi connectivity index (χ0n) is 14.6. The number of ketones is 1. The van der Waals surface area contributed by atoms with Crippen molar-refractivity contribution >= 4 is 22.8 Å². The van der Waals surface area contributed by atoms with Gasteiger partial charge in [0.05, 0.1) is 11.6 Å². The van der Waals surface area contributed by atoms with Crippen LogP contribution in [0.2, 0.25) is 0 Å². The molecule has 3 rings (SSSR count). The van der Waals surface area contributed by atoms with Crippen LogP contribution in [0, 0.1) is 5.41 Å². The first kappa shape index (κ1) is 17.3. The normalized spacial score (nSPS) is 20.3. The second-order valence-electron chi connectivity index (χ2n) is 7.14. The number of hydrogen-bond acceptors (Lipinski definition) is 3. The van der Waals surface area contributed by atoms with E-state index in [4.69, 9.17) is 0 Å². The molecule has 25 heavy (non-hydrogen) atoms. The third-order valence-electron chi connectivity index (χ3n) is 4.70. The smallest absolute Gasteiger partial charge is 0.178 e. The summed E-state index contributed by atoms with van der Waals surface area (Å²) >= 11 is 0. The Bertz CT molecular complexity index is 874. The zero-order chi connectivity index (χ0) is 17.9. The van der Waals surface area contributed by atoms with Crippen LogP contribution in [0.3, 0.4) is 0 Å². The molecule has 0 bridgehead atoms. The van der Waals surface area contributed by atoms with Gasteiger partial charge in [-0.05, 0) is 59.8 Å². The van der Waals surface area contributed by atoms with Crippen molar-refractivity contribution in [2.75, 3.05) is 0 Å². The molecule has 0 spiro atoms. The molecule has 3 heteroatoms. The van der Waals surface area contributed by atoms with Crippen LogP contribution in [0.1, 0.15) is 32.3 Å². The van der Waals surface area contributed by atoms with E-state index >= 15 is 0 Å². The van der Waals surface area contributed by atoms with Gasteiger partial charge in [0.2, 0.25) is 0 Å². The summed E-state index contributed by atoms with van der Waals surface area (Å²) in [6.07, 6.45) is 11.6. The molecule has 0 fully saturated rings.